The maximum atomic E-state index is 12.1. The second-order valence-corrected chi connectivity index (χ2v) is 9.31. The Labute approximate surface area is 181 Å². The molecule has 0 N–H and O–H groups in total. The van der Waals surface area contributed by atoms with E-state index in [1.165, 1.54) is 5.56 Å². The second-order valence-electron chi connectivity index (χ2n) is 8.88. The van der Waals surface area contributed by atoms with E-state index in [-0.39, 0.29) is 11.5 Å². The summed E-state index contributed by atoms with van der Waals surface area (Å²) in [4.78, 5) is 18.4. The van der Waals surface area contributed by atoms with Crippen LogP contribution in [0.25, 0.3) is 5.69 Å². The number of carbonyl (C=O) groups excluding carboxylic acids is 1. The van der Waals surface area contributed by atoms with Crippen molar-refractivity contribution in [1.29, 1.82) is 0 Å². The number of anilines is 1. The van der Waals surface area contributed by atoms with Crippen LogP contribution >= 0.6 is 11.6 Å². The molecule has 0 aliphatic carbocycles. The zero-order chi connectivity index (χ0) is 20.9. The van der Waals surface area contributed by atoms with Crippen molar-refractivity contribution in [1.82, 2.24) is 24.6 Å². The lowest BCUT2D eigenvalue weighted by Gasteiger charge is -2.59. The highest BCUT2D eigenvalue weighted by Crippen LogP contribution is 2.42. The lowest BCUT2D eigenvalue weighted by molar-refractivity contribution is -0.0214. The number of rotatable bonds is 4. The molecule has 0 radical (unpaired) electrons. The first-order valence-corrected chi connectivity index (χ1v) is 10.9. The average Bonchev–Trinajstić information content (AvgIpc) is 2.96. The molecule has 3 aliphatic rings. The number of amides is 1. The molecule has 0 saturated carbocycles. The highest BCUT2D eigenvalue weighted by atomic mass is 35.5. The smallest absolute Gasteiger partial charge is 0.409 e. The molecule has 1 aromatic heterocycles. The van der Waals surface area contributed by atoms with Gasteiger partial charge in [0.05, 0.1) is 18.8 Å². The van der Waals surface area contributed by atoms with E-state index in [2.05, 4.69) is 44.6 Å². The molecule has 9 heteroatoms. The van der Waals surface area contributed by atoms with Gasteiger partial charge in [0.15, 0.2) is 5.82 Å². The van der Waals surface area contributed by atoms with Gasteiger partial charge in [-0.2, -0.15) is 0 Å². The summed E-state index contributed by atoms with van der Waals surface area (Å²) in [6.07, 6.45) is 1.76. The summed E-state index contributed by atoms with van der Waals surface area (Å²) in [6.45, 7) is 7.41. The quantitative estimate of drug-likeness (QED) is 0.695. The largest absolute Gasteiger partial charge is 0.449 e. The number of halogens is 1. The van der Waals surface area contributed by atoms with Crippen LogP contribution in [0.3, 0.4) is 0 Å². The fourth-order valence-corrected chi connectivity index (χ4v) is 4.94. The Hall–Kier alpha value is -2.32. The van der Waals surface area contributed by atoms with Crippen molar-refractivity contribution in [2.75, 3.05) is 44.7 Å². The minimum absolute atomic E-state index is 0.153. The minimum atomic E-state index is -0.183. The van der Waals surface area contributed by atoms with Crippen molar-refractivity contribution in [3.8, 4) is 5.69 Å². The summed E-state index contributed by atoms with van der Waals surface area (Å²) >= 11 is 6.25. The predicted octanol–water partition coefficient (Wildman–Crippen LogP) is 2.92. The van der Waals surface area contributed by atoms with Crippen LogP contribution in [-0.4, -0.2) is 70.5 Å². The fraction of sp³-hybridized carbons (Fsp3) is 0.571. The first-order valence-electron chi connectivity index (χ1n) is 10.6. The Balaban J connectivity index is 1.29. The summed E-state index contributed by atoms with van der Waals surface area (Å²) < 4.78 is 7.49. The molecule has 2 aromatic rings. The van der Waals surface area contributed by atoms with Gasteiger partial charge in [0.2, 0.25) is 5.95 Å². The highest BCUT2D eigenvalue weighted by molar-refractivity contribution is 6.30. The van der Waals surface area contributed by atoms with Gasteiger partial charge in [-0.15, -0.1) is 10.2 Å². The summed E-state index contributed by atoms with van der Waals surface area (Å²) in [7, 11) is 2.08. The number of likely N-dealkylation sites (tertiary alicyclic amines) is 1. The SMILES string of the molecule is CCCCOC(=O)N1CC2(C1)CN(c1nnc3n1-c1ccc(Cl)cc1CN(C)C3)C2. The molecule has 160 valence electrons. The molecule has 0 bridgehead atoms. The number of fused-ring (bicyclic) bond motifs is 3. The van der Waals surface area contributed by atoms with Gasteiger partial charge in [-0.3, -0.25) is 9.47 Å². The molecule has 30 heavy (non-hydrogen) atoms. The molecule has 1 amide bonds. The monoisotopic (exact) mass is 430 g/mol. The Morgan fingerprint density at radius 1 is 1.20 bits per heavy atom. The standard InChI is InChI=1S/C21H27ClN6O2/c1-3-4-7-30-20(29)27-13-21(14-27)11-26(12-21)19-24-23-18-10-25(2)9-15-8-16(22)5-6-17(15)28(18)19/h5-6,8H,3-4,7,9-14H2,1-2H3. The lowest BCUT2D eigenvalue weighted by Crippen LogP contribution is -2.73. The van der Waals surface area contributed by atoms with Crippen LogP contribution in [-0.2, 0) is 17.8 Å². The van der Waals surface area contributed by atoms with Crippen molar-refractivity contribution < 1.29 is 9.53 Å². The second kappa shape index (κ2) is 7.42. The molecule has 1 aromatic carbocycles. The van der Waals surface area contributed by atoms with E-state index >= 15 is 0 Å². The maximum Gasteiger partial charge on any atom is 0.409 e. The first kappa shape index (κ1) is 19.6. The van der Waals surface area contributed by atoms with Gasteiger partial charge in [-0.1, -0.05) is 24.9 Å². The van der Waals surface area contributed by atoms with Crippen molar-refractivity contribution in [2.24, 2.45) is 5.41 Å². The van der Waals surface area contributed by atoms with Gasteiger partial charge in [0.25, 0.3) is 0 Å². The molecule has 0 unspecified atom stereocenters. The van der Waals surface area contributed by atoms with Gasteiger partial charge in [-0.05, 0) is 37.2 Å². The van der Waals surface area contributed by atoms with Gasteiger partial charge in [0.1, 0.15) is 0 Å². The number of benzene rings is 1. The minimum Gasteiger partial charge on any atom is -0.449 e. The zero-order valence-electron chi connectivity index (χ0n) is 17.5. The Morgan fingerprint density at radius 3 is 2.77 bits per heavy atom. The molecule has 5 rings (SSSR count). The van der Waals surface area contributed by atoms with Crippen LogP contribution in [0, 0.1) is 5.41 Å². The Bertz CT molecular complexity index is 962. The number of nitrogens with zero attached hydrogens (tertiary/aromatic N) is 6. The van der Waals surface area contributed by atoms with Gasteiger partial charge < -0.3 is 14.5 Å². The van der Waals surface area contributed by atoms with E-state index in [4.69, 9.17) is 16.3 Å². The number of ether oxygens (including phenoxy) is 1. The van der Waals surface area contributed by atoms with Gasteiger partial charge >= 0.3 is 6.09 Å². The number of aromatic nitrogens is 3. The maximum absolute atomic E-state index is 12.1. The van der Waals surface area contributed by atoms with E-state index in [1.54, 1.807) is 0 Å². The molecule has 2 saturated heterocycles. The number of hydrogen-bond acceptors (Lipinski definition) is 6. The molecule has 3 aliphatic heterocycles. The van der Waals surface area contributed by atoms with Crippen LogP contribution in [0.15, 0.2) is 18.2 Å². The summed E-state index contributed by atoms with van der Waals surface area (Å²) in [5.41, 5.74) is 2.42. The highest BCUT2D eigenvalue weighted by Gasteiger charge is 2.54. The summed E-state index contributed by atoms with van der Waals surface area (Å²) in [5, 5.41) is 9.74. The van der Waals surface area contributed by atoms with Crippen LogP contribution in [0.5, 0.6) is 0 Å². The third-order valence-electron chi connectivity index (χ3n) is 6.22. The normalized spacial score (nSPS) is 19.6. The topological polar surface area (TPSA) is 66.7 Å². The van der Waals surface area contributed by atoms with E-state index in [9.17, 15) is 4.79 Å². The predicted molar refractivity (Wildman–Crippen MR) is 114 cm³/mol. The van der Waals surface area contributed by atoms with E-state index in [0.29, 0.717) is 6.61 Å². The molecular weight excluding hydrogens is 404 g/mol. The first-order chi connectivity index (χ1) is 14.5. The third-order valence-corrected chi connectivity index (χ3v) is 6.45. The van der Waals surface area contributed by atoms with Crippen molar-refractivity contribution in [3.05, 3.63) is 34.6 Å². The van der Waals surface area contributed by atoms with Gasteiger partial charge in [-0.25, -0.2) is 4.79 Å². The number of hydrogen-bond donors (Lipinski definition) is 0. The lowest BCUT2D eigenvalue weighted by atomic mass is 9.73. The zero-order valence-corrected chi connectivity index (χ0v) is 18.2. The Morgan fingerprint density at radius 2 is 2.00 bits per heavy atom. The fourth-order valence-electron chi connectivity index (χ4n) is 4.74. The summed E-state index contributed by atoms with van der Waals surface area (Å²) in [5.74, 6) is 1.81. The summed E-state index contributed by atoms with van der Waals surface area (Å²) in [6, 6.07) is 6.00. The van der Waals surface area contributed by atoms with Crippen molar-refractivity contribution in [2.45, 2.75) is 32.9 Å². The molecule has 4 heterocycles. The molecule has 2 fully saturated rings. The molecular formula is C21H27ClN6O2. The van der Waals surface area contributed by atoms with E-state index in [1.807, 2.05) is 17.0 Å². The van der Waals surface area contributed by atoms with Crippen molar-refractivity contribution in [3.63, 3.8) is 0 Å². The average molecular weight is 431 g/mol. The molecule has 0 atom stereocenters. The van der Waals surface area contributed by atoms with Gasteiger partial charge in [0, 0.05) is 43.2 Å². The molecule has 8 nitrogen and oxygen atoms in total. The van der Waals surface area contributed by atoms with Crippen LogP contribution < -0.4 is 4.90 Å². The molecule has 1 spiro atoms. The van der Waals surface area contributed by atoms with E-state index in [0.717, 1.165) is 74.6 Å². The van der Waals surface area contributed by atoms with Crippen LogP contribution in [0.1, 0.15) is 31.2 Å². The number of unbranched alkanes of at least 4 members (excludes halogenated alkanes) is 1. The number of carbonyl (C=O) groups is 1. The third kappa shape index (κ3) is 3.32. The van der Waals surface area contributed by atoms with Crippen molar-refractivity contribution >= 4 is 23.6 Å². The van der Waals surface area contributed by atoms with E-state index < -0.39 is 0 Å². The Kier molecular flexibility index (Phi) is 4.86. The van der Waals surface area contributed by atoms with Crippen LogP contribution in [0.4, 0.5) is 10.7 Å². The van der Waals surface area contributed by atoms with Crippen LogP contribution in [0.2, 0.25) is 5.02 Å².